The first kappa shape index (κ1) is 20.2. The zero-order chi connectivity index (χ0) is 20.3. The summed E-state index contributed by atoms with van der Waals surface area (Å²) in [6, 6.07) is 13.3. The van der Waals surface area contributed by atoms with E-state index in [1.165, 1.54) is 4.57 Å². The smallest absolute Gasteiger partial charge is 0.346 e. The second kappa shape index (κ2) is 8.24. The van der Waals surface area contributed by atoms with Gasteiger partial charge in [-0.05, 0) is 24.3 Å². The summed E-state index contributed by atoms with van der Waals surface area (Å²) in [6.07, 6.45) is -4.50. The number of alkyl halides is 3. The fourth-order valence-corrected chi connectivity index (χ4v) is 3.49. The Morgan fingerprint density at radius 1 is 1.14 bits per heavy atom. The Morgan fingerprint density at radius 2 is 1.82 bits per heavy atom. The van der Waals surface area contributed by atoms with Gasteiger partial charge in [0.1, 0.15) is 6.54 Å². The van der Waals surface area contributed by atoms with Gasteiger partial charge in [0.25, 0.3) is 5.56 Å². The number of hydrogen-bond acceptors (Lipinski definition) is 4. The number of hydrogen-bond donors (Lipinski definition) is 1. The average Bonchev–Trinajstić information content (AvgIpc) is 2.65. The molecule has 0 bridgehead atoms. The second-order valence-electron chi connectivity index (χ2n) is 5.68. The first-order valence-corrected chi connectivity index (χ1v) is 9.35. The van der Waals surface area contributed by atoms with E-state index in [4.69, 9.17) is 11.6 Å². The van der Waals surface area contributed by atoms with E-state index in [-0.39, 0.29) is 10.9 Å². The van der Waals surface area contributed by atoms with Gasteiger partial charge in [0, 0.05) is 0 Å². The van der Waals surface area contributed by atoms with Crippen LogP contribution in [0.25, 0.3) is 16.6 Å². The fourth-order valence-electron chi connectivity index (χ4n) is 2.43. The molecule has 146 valence electrons. The summed E-state index contributed by atoms with van der Waals surface area (Å²) in [5.41, 5.74) is 0.386. The Bertz CT molecular complexity index is 1090. The fraction of sp³-hybridized carbons (Fsp3) is 0.167. The van der Waals surface area contributed by atoms with E-state index < -0.39 is 24.2 Å². The molecule has 1 N–H and O–H groups in total. The number of halogens is 4. The van der Waals surface area contributed by atoms with Crippen LogP contribution in [0.5, 0.6) is 0 Å². The predicted octanol–water partition coefficient (Wildman–Crippen LogP) is 3.81. The van der Waals surface area contributed by atoms with Crippen molar-refractivity contribution in [1.82, 2.24) is 14.9 Å². The molecule has 28 heavy (non-hydrogen) atoms. The Hall–Kier alpha value is -2.52. The average molecular weight is 428 g/mol. The Balaban J connectivity index is 1.99. The number of benzene rings is 2. The molecule has 0 spiro atoms. The minimum Gasteiger partial charge on any atom is -0.346 e. The number of para-hydroxylation sites is 2. The lowest BCUT2D eigenvalue weighted by Gasteiger charge is -2.14. The highest BCUT2D eigenvalue weighted by atomic mass is 35.5. The molecular formula is C18H13ClF3N3O2S. The van der Waals surface area contributed by atoms with Gasteiger partial charge in [-0.1, -0.05) is 47.6 Å². The van der Waals surface area contributed by atoms with Crippen LogP contribution >= 0.6 is 23.4 Å². The highest BCUT2D eigenvalue weighted by Crippen LogP contribution is 2.25. The molecule has 1 amide bonds. The van der Waals surface area contributed by atoms with E-state index in [1.807, 2.05) is 0 Å². The normalized spacial score (nSPS) is 11.6. The molecule has 0 unspecified atom stereocenters. The van der Waals surface area contributed by atoms with Gasteiger partial charge >= 0.3 is 6.18 Å². The molecule has 0 saturated carbocycles. The first-order chi connectivity index (χ1) is 13.3. The molecule has 0 saturated heterocycles. The van der Waals surface area contributed by atoms with Crippen LogP contribution < -0.4 is 10.9 Å². The number of thioether (sulfide) groups is 1. The van der Waals surface area contributed by atoms with Gasteiger partial charge in [0.05, 0.1) is 27.4 Å². The number of amides is 1. The van der Waals surface area contributed by atoms with Crippen molar-refractivity contribution in [3.05, 3.63) is 63.9 Å². The maximum atomic E-state index is 13.0. The number of nitrogens with zero attached hydrogens (tertiary/aromatic N) is 2. The van der Waals surface area contributed by atoms with Crippen molar-refractivity contribution in [2.24, 2.45) is 0 Å². The summed E-state index contributed by atoms with van der Waals surface area (Å²) in [5, 5.41) is 2.59. The van der Waals surface area contributed by atoms with Gasteiger partial charge in [-0.15, -0.1) is 0 Å². The molecule has 5 nitrogen and oxygen atoms in total. The molecule has 10 heteroatoms. The summed E-state index contributed by atoms with van der Waals surface area (Å²) in [5.74, 6) is -1.17. The molecule has 3 aromatic rings. The van der Waals surface area contributed by atoms with Crippen LogP contribution in [0, 0.1) is 0 Å². The molecule has 3 rings (SSSR count). The Kier molecular flexibility index (Phi) is 5.95. The summed E-state index contributed by atoms with van der Waals surface area (Å²) in [6.45, 7) is -1.42. The van der Waals surface area contributed by atoms with Gasteiger partial charge in [-0.2, -0.15) is 13.2 Å². The zero-order valence-corrected chi connectivity index (χ0v) is 15.7. The maximum Gasteiger partial charge on any atom is 0.405 e. The number of rotatable bonds is 5. The van der Waals surface area contributed by atoms with Crippen LogP contribution in [-0.4, -0.2) is 33.9 Å². The SMILES string of the molecule is O=C(CSc1nc2ccccc2c(=O)n1-c1ccccc1Cl)NCC(F)(F)F. The quantitative estimate of drug-likeness (QED) is 0.497. The maximum absolute atomic E-state index is 13.0. The minimum absolute atomic E-state index is 0.152. The van der Waals surface area contributed by atoms with E-state index in [2.05, 4.69) is 4.98 Å². The van der Waals surface area contributed by atoms with E-state index in [9.17, 15) is 22.8 Å². The molecule has 0 aliphatic rings. The van der Waals surface area contributed by atoms with Gasteiger partial charge in [0.15, 0.2) is 5.16 Å². The van der Waals surface area contributed by atoms with E-state index >= 15 is 0 Å². The minimum atomic E-state index is -4.50. The zero-order valence-electron chi connectivity index (χ0n) is 14.2. The number of carbonyl (C=O) groups excluding carboxylic acids is 1. The summed E-state index contributed by atoms with van der Waals surface area (Å²) >= 11 is 7.07. The summed E-state index contributed by atoms with van der Waals surface area (Å²) in [4.78, 5) is 29.2. The largest absolute Gasteiger partial charge is 0.405 e. The third kappa shape index (κ3) is 4.66. The Morgan fingerprint density at radius 3 is 2.54 bits per heavy atom. The van der Waals surface area contributed by atoms with Gasteiger partial charge in [-0.25, -0.2) is 4.98 Å². The standard InChI is InChI=1S/C18H13ClF3N3O2S/c19-12-6-2-4-8-14(12)25-16(27)11-5-1-3-7-13(11)24-17(25)28-9-15(26)23-10-18(20,21)22/h1-8H,9-10H2,(H,23,26). The van der Waals surface area contributed by atoms with E-state index in [1.54, 1.807) is 53.8 Å². The lowest BCUT2D eigenvalue weighted by atomic mass is 10.2. The molecule has 0 atom stereocenters. The number of fused-ring (bicyclic) bond motifs is 1. The molecule has 1 aromatic heterocycles. The topological polar surface area (TPSA) is 64.0 Å². The molecule has 0 aliphatic heterocycles. The molecule has 0 aliphatic carbocycles. The van der Waals surface area contributed by atoms with Gasteiger partial charge < -0.3 is 5.32 Å². The monoisotopic (exact) mass is 427 g/mol. The Labute approximate surface area is 166 Å². The number of nitrogens with one attached hydrogen (secondary N) is 1. The van der Waals surface area contributed by atoms with Crippen LogP contribution in [0.2, 0.25) is 5.02 Å². The first-order valence-electron chi connectivity index (χ1n) is 7.99. The van der Waals surface area contributed by atoms with Crippen molar-refractivity contribution in [2.45, 2.75) is 11.3 Å². The lowest BCUT2D eigenvalue weighted by Crippen LogP contribution is -2.35. The van der Waals surface area contributed by atoms with Gasteiger partial charge in [-0.3, -0.25) is 14.2 Å². The number of carbonyl (C=O) groups is 1. The highest BCUT2D eigenvalue weighted by Gasteiger charge is 2.27. The third-order valence-electron chi connectivity index (χ3n) is 3.66. The van der Waals surface area contributed by atoms with Crippen LogP contribution in [-0.2, 0) is 4.79 Å². The van der Waals surface area contributed by atoms with Crippen LogP contribution in [0.15, 0.2) is 58.5 Å². The lowest BCUT2D eigenvalue weighted by molar-refractivity contribution is -0.136. The highest BCUT2D eigenvalue weighted by molar-refractivity contribution is 7.99. The summed E-state index contributed by atoms with van der Waals surface area (Å²) < 4.78 is 38.0. The van der Waals surface area contributed by atoms with Crippen molar-refractivity contribution >= 4 is 40.2 Å². The van der Waals surface area contributed by atoms with Crippen molar-refractivity contribution in [2.75, 3.05) is 12.3 Å². The van der Waals surface area contributed by atoms with Gasteiger partial charge in [0.2, 0.25) is 5.91 Å². The molecule has 0 fully saturated rings. The van der Waals surface area contributed by atoms with Crippen LogP contribution in [0.1, 0.15) is 0 Å². The molecule has 1 heterocycles. The van der Waals surface area contributed by atoms with Crippen molar-refractivity contribution in [3.8, 4) is 5.69 Å². The van der Waals surface area contributed by atoms with E-state index in [0.29, 0.717) is 21.6 Å². The van der Waals surface area contributed by atoms with Crippen molar-refractivity contribution < 1.29 is 18.0 Å². The molecular weight excluding hydrogens is 415 g/mol. The summed E-state index contributed by atoms with van der Waals surface area (Å²) in [7, 11) is 0. The van der Waals surface area contributed by atoms with E-state index in [0.717, 1.165) is 11.8 Å². The second-order valence-corrected chi connectivity index (χ2v) is 7.03. The number of aromatic nitrogens is 2. The van der Waals surface area contributed by atoms with Crippen LogP contribution in [0.4, 0.5) is 13.2 Å². The molecule has 2 aromatic carbocycles. The van der Waals surface area contributed by atoms with Crippen molar-refractivity contribution in [3.63, 3.8) is 0 Å². The third-order valence-corrected chi connectivity index (χ3v) is 4.91. The van der Waals surface area contributed by atoms with Crippen LogP contribution in [0.3, 0.4) is 0 Å². The predicted molar refractivity (Wildman–Crippen MR) is 102 cm³/mol. The molecule has 0 radical (unpaired) electrons. The van der Waals surface area contributed by atoms with Crippen molar-refractivity contribution in [1.29, 1.82) is 0 Å².